The van der Waals surface area contributed by atoms with Crippen LogP contribution >= 0.6 is 15.9 Å². The number of hydrogen-bond acceptors (Lipinski definition) is 1. The van der Waals surface area contributed by atoms with Crippen LogP contribution in [0, 0.1) is 13.8 Å². The zero-order valence-corrected chi connectivity index (χ0v) is 14.9. The van der Waals surface area contributed by atoms with Gasteiger partial charge >= 0.3 is 0 Å². The highest BCUT2D eigenvalue weighted by Crippen LogP contribution is 2.26. The summed E-state index contributed by atoms with van der Waals surface area (Å²) in [5.41, 5.74) is 2.49. The Morgan fingerprint density at radius 1 is 0.850 bits per heavy atom. The van der Waals surface area contributed by atoms with Crippen molar-refractivity contribution in [2.45, 2.75) is 72.1 Å². The van der Waals surface area contributed by atoms with Crippen LogP contribution in [0.3, 0.4) is 0 Å². The maximum absolute atomic E-state index is 5.85. The molecule has 20 heavy (non-hydrogen) atoms. The van der Waals surface area contributed by atoms with Gasteiger partial charge in [0.15, 0.2) is 0 Å². The minimum atomic E-state index is 0.843. The van der Waals surface area contributed by atoms with E-state index in [2.05, 4.69) is 48.8 Å². The van der Waals surface area contributed by atoms with Gasteiger partial charge in [-0.15, -0.1) is 0 Å². The maximum atomic E-state index is 5.85. The molecule has 2 heteroatoms. The third kappa shape index (κ3) is 6.78. The molecule has 0 fully saturated rings. The molecule has 0 aliphatic rings. The molecule has 0 amide bonds. The average molecular weight is 341 g/mol. The van der Waals surface area contributed by atoms with Crippen LogP contribution in [0.15, 0.2) is 16.6 Å². The van der Waals surface area contributed by atoms with E-state index in [1.165, 1.54) is 67.0 Å². The molecule has 0 bridgehead atoms. The molecule has 1 aromatic rings. The van der Waals surface area contributed by atoms with Crippen molar-refractivity contribution in [3.8, 4) is 5.75 Å². The Labute approximate surface area is 133 Å². The molecule has 0 unspecified atom stereocenters. The van der Waals surface area contributed by atoms with Crippen LogP contribution in [0.1, 0.15) is 69.4 Å². The first-order valence-corrected chi connectivity index (χ1v) is 8.84. The van der Waals surface area contributed by atoms with E-state index in [9.17, 15) is 0 Å². The third-order valence-electron chi connectivity index (χ3n) is 3.68. The van der Waals surface area contributed by atoms with Gasteiger partial charge in [0.05, 0.1) is 6.61 Å². The fourth-order valence-electron chi connectivity index (χ4n) is 2.42. The first kappa shape index (κ1) is 17.6. The summed E-state index contributed by atoms with van der Waals surface area (Å²) in [4.78, 5) is 0. The molecule has 0 spiro atoms. The van der Waals surface area contributed by atoms with E-state index in [4.69, 9.17) is 4.74 Å². The molecule has 0 atom stereocenters. The summed E-state index contributed by atoms with van der Waals surface area (Å²) in [5, 5.41) is 0. The quantitative estimate of drug-likeness (QED) is 0.436. The topological polar surface area (TPSA) is 9.23 Å². The molecule has 0 saturated heterocycles. The van der Waals surface area contributed by atoms with Gasteiger partial charge < -0.3 is 4.74 Å². The summed E-state index contributed by atoms with van der Waals surface area (Å²) in [6.45, 7) is 7.33. The van der Waals surface area contributed by atoms with Crippen LogP contribution in [0.5, 0.6) is 5.75 Å². The Bertz CT molecular complexity index is 364. The summed E-state index contributed by atoms with van der Waals surface area (Å²) < 4.78 is 7.04. The van der Waals surface area contributed by atoms with E-state index in [1.54, 1.807) is 0 Å². The standard InChI is InChI=1S/C18H29BrO/c1-4-5-6-7-8-9-10-11-12-20-17-13-15(2)18(19)16(3)14-17/h13-14H,4-12H2,1-3H3. The number of hydrogen-bond donors (Lipinski definition) is 0. The number of rotatable bonds is 10. The second kappa shape index (κ2) is 10.3. The first-order valence-electron chi connectivity index (χ1n) is 8.04. The Morgan fingerprint density at radius 2 is 1.35 bits per heavy atom. The van der Waals surface area contributed by atoms with Gasteiger partial charge in [-0.3, -0.25) is 0 Å². The zero-order valence-electron chi connectivity index (χ0n) is 13.3. The first-order chi connectivity index (χ1) is 9.65. The molecular formula is C18H29BrO. The fraction of sp³-hybridized carbons (Fsp3) is 0.667. The van der Waals surface area contributed by atoms with E-state index in [1.807, 2.05) is 0 Å². The van der Waals surface area contributed by atoms with E-state index in [0.29, 0.717) is 0 Å². The van der Waals surface area contributed by atoms with Crippen molar-refractivity contribution in [1.29, 1.82) is 0 Å². The average Bonchev–Trinajstić information content (AvgIpc) is 2.43. The molecule has 0 aromatic heterocycles. The monoisotopic (exact) mass is 340 g/mol. The molecular weight excluding hydrogens is 312 g/mol. The van der Waals surface area contributed by atoms with Crippen molar-refractivity contribution in [2.75, 3.05) is 6.61 Å². The predicted molar refractivity (Wildman–Crippen MR) is 91.7 cm³/mol. The lowest BCUT2D eigenvalue weighted by Crippen LogP contribution is -1.98. The van der Waals surface area contributed by atoms with Crippen LogP contribution in [-0.4, -0.2) is 6.61 Å². The Kier molecular flexibility index (Phi) is 9.00. The van der Waals surface area contributed by atoms with E-state index < -0.39 is 0 Å². The van der Waals surface area contributed by atoms with Crippen LogP contribution in [0.4, 0.5) is 0 Å². The van der Waals surface area contributed by atoms with Gasteiger partial charge in [-0.1, -0.05) is 67.8 Å². The van der Waals surface area contributed by atoms with Gasteiger partial charge in [-0.05, 0) is 43.5 Å². The van der Waals surface area contributed by atoms with E-state index in [0.717, 1.165) is 12.4 Å². The van der Waals surface area contributed by atoms with Crippen LogP contribution in [0.25, 0.3) is 0 Å². The van der Waals surface area contributed by atoms with Crippen molar-refractivity contribution in [3.63, 3.8) is 0 Å². The third-order valence-corrected chi connectivity index (χ3v) is 4.93. The largest absolute Gasteiger partial charge is 0.494 e. The lowest BCUT2D eigenvalue weighted by Gasteiger charge is -2.10. The van der Waals surface area contributed by atoms with Gasteiger partial charge in [-0.25, -0.2) is 0 Å². The van der Waals surface area contributed by atoms with E-state index >= 15 is 0 Å². The van der Waals surface area contributed by atoms with Crippen LogP contribution in [0.2, 0.25) is 0 Å². The van der Waals surface area contributed by atoms with Gasteiger partial charge in [0.2, 0.25) is 0 Å². The summed E-state index contributed by atoms with van der Waals surface area (Å²) in [5.74, 6) is 1.01. The Morgan fingerprint density at radius 3 is 1.90 bits per heavy atom. The highest BCUT2D eigenvalue weighted by molar-refractivity contribution is 9.10. The molecule has 0 aliphatic heterocycles. The molecule has 0 saturated carbocycles. The number of ether oxygens (including phenoxy) is 1. The van der Waals surface area contributed by atoms with Crippen molar-refractivity contribution in [3.05, 3.63) is 27.7 Å². The summed E-state index contributed by atoms with van der Waals surface area (Å²) in [6, 6.07) is 4.23. The second-order valence-corrected chi connectivity index (χ2v) is 6.49. The Hall–Kier alpha value is -0.500. The van der Waals surface area contributed by atoms with Crippen molar-refractivity contribution < 1.29 is 4.74 Å². The normalized spacial score (nSPS) is 10.8. The molecule has 114 valence electrons. The number of benzene rings is 1. The predicted octanol–water partition coefficient (Wildman–Crippen LogP) is 6.59. The van der Waals surface area contributed by atoms with Gasteiger partial charge in [0, 0.05) is 4.47 Å². The highest BCUT2D eigenvalue weighted by Gasteiger charge is 2.02. The maximum Gasteiger partial charge on any atom is 0.119 e. The summed E-state index contributed by atoms with van der Waals surface area (Å²) >= 11 is 3.59. The molecule has 0 heterocycles. The van der Waals surface area contributed by atoms with Gasteiger partial charge in [-0.2, -0.15) is 0 Å². The summed E-state index contributed by atoms with van der Waals surface area (Å²) in [7, 11) is 0. The van der Waals surface area contributed by atoms with Gasteiger partial charge in [0.1, 0.15) is 5.75 Å². The lowest BCUT2D eigenvalue weighted by molar-refractivity contribution is 0.304. The number of halogens is 1. The zero-order chi connectivity index (χ0) is 14.8. The Balaban J connectivity index is 2.10. The smallest absolute Gasteiger partial charge is 0.119 e. The van der Waals surface area contributed by atoms with Crippen LogP contribution in [-0.2, 0) is 0 Å². The molecule has 1 rings (SSSR count). The molecule has 1 nitrogen and oxygen atoms in total. The van der Waals surface area contributed by atoms with Crippen LogP contribution < -0.4 is 4.74 Å². The van der Waals surface area contributed by atoms with Crippen molar-refractivity contribution in [2.24, 2.45) is 0 Å². The lowest BCUT2D eigenvalue weighted by atomic mass is 10.1. The summed E-state index contributed by atoms with van der Waals surface area (Å²) in [6.07, 6.45) is 10.7. The molecule has 0 radical (unpaired) electrons. The van der Waals surface area contributed by atoms with Crippen molar-refractivity contribution >= 4 is 15.9 Å². The van der Waals surface area contributed by atoms with E-state index in [-0.39, 0.29) is 0 Å². The fourth-order valence-corrected chi connectivity index (χ4v) is 2.64. The number of aryl methyl sites for hydroxylation is 2. The number of unbranched alkanes of at least 4 members (excludes halogenated alkanes) is 7. The molecule has 1 aromatic carbocycles. The van der Waals surface area contributed by atoms with Crippen molar-refractivity contribution in [1.82, 2.24) is 0 Å². The SMILES string of the molecule is CCCCCCCCCCOc1cc(C)c(Br)c(C)c1. The molecule has 0 aliphatic carbocycles. The minimum absolute atomic E-state index is 0.843. The second-order valence-electron chi connectivity index (χ2n) is 5.69. The highest BCUT2D eigenvalue weighted by atomic mass is 79.9. The van der Waals surface area contributed by atoms with Gasteiger partial charge in [0.25, 0.3) is 0 Å². The molecule has 0 N–H and O–H groups in total. The minimum Gasteiger partial charge on any atom is -0.494 e.